The number of ketones is 1. The lowest BCUT2D eigenvalue weighted by molar-refractivity contribution is -0.114. The number of hydrogen-bond acceptors (Lipinski definition) is 4. The smallest absolute Gasteiger partial charge is 0.221 e. The van der Waals surface area contributed by atoms with E-state index in [2.05, 4.69) is 10.3 Å². The first-order chi connectivity index (χ1) is 14.5. The average Bonchev–Trinajstić information content (AvgIpc) is 3.28. The Balaban J connectivity index is 1.91. The summed E-state index contributed by atoms with van der Waals surface area (Å²) >= 11 is 0. The van der Waals surface area contributed by atoms with Gasteiger partial charge in [0.1, 0.15) is 5.69 Å². The van der Waals surface area contributed by atoms with Crippen molar-refractivity contribution in [1.82, 2.24) is 4.98 Å². The number of carbonyl (C=O) groups is 2. The van der Waals surface area contributed by atoms with Gasteiger partial charge in [0.2, 0.25) is 5.91 Å². The molecule has 148 valence electrons. The molecule has 5 nitrogen and oxygen atoms in total. The maximum absolute atomic E-state index is 12.5. The van der Waals surface area contributed by atoms with E-state index in [1.807, 2.05) is 66.7 Å². The minimum Gasteiger partial charge on any atom is -0.463 e. The van der Waals surface area contributed by atoms with Gasteiger partial charge in [-0.2, -0.15) is 0 Å². The first-order valence-corrected chi connectivity index (χ1v) is 9.55. The van der Waals surface area contributed by atoms with Crippen LogP contribution in [0.1, 0.15) is 24.2 Å². The molecular formula is C25H20N2O3. The number of anilines is 1. The molecule has 1 N–H and O–H groups in total. The standard InChI is InChI=1S/C25H20N2O3/c1-16(28)21-8-4-9-22(18-6-3-7-20(14-18)27-17(2)29)25(21)19-11-12-26-23(15-19)24-10-5-13-30-24/h3-15H,1-2H3,(H,27,29). The predicted octanol–water partition coefficient (Wildman–Crippen LogP) is 5.84. The fraction of sp³-hybridized carbons (Fsp3) is 0.0800. The van der Waals surface area contributed by atoms with Crippen molar-refractivity contribution in [2.75, 3.05) is 5.32 Å². The van der Waals surface area contributed by atoms with Crippen LogP contribution in [0.15, 0.2) is 83.6 Å². The van der Waals surface area contributed by atoms with E-state index in [-0.39, 0.29) is 11.7 Å². The van der Waals surface area contributed by atoms with Gasteiger partial charge in [0.25, 0.3) is 0 Å². The summed E-state index contributed by atoms with van der Waals surface area (Å²) in [5.41, 5.74) is 5.48. The van der Waals surface area contributed by atoms with Crippen molar-refractivity contribution in [3.8, 4) is 33.7 Å². The molecule has 0 saturated heterocycles. The monoisotopic (exact) mass is 396 g/mol. The Hall–Kier alpha value is -3.99. The zero-order valence-corrected chi connectivity index (χ0v) is 16.7. The molecule has 0 aliphatic heterocycles. The molecule has 30 heavy (non-hydrogen) atoms. The zero-order valence-electron chi connectivity index (χ0n) is 16.7. The van der Waals surface area contributed by atoms with E-state index in [9.17, 15) is 9.59 Å². The Morgan fingerprint density at radius 3 is 2.47 bits per heavy atom. The van der Waals surface area contributed by atoms with Gasteiger partial charge in [-0.15, -0.1) is 0 Å². The fourth-order valence-corrected chi connectivity index (χ4v) is 3.51. The van der Waals surface area contributed by atoms with Crippen LogP contribution in [0.5, 0.6) is 0 Å². The van der Waals surface area contributed by atoms with E-state index in [0.717, 1.165) is 22.3 Å². The van der Waals surface area contributed by atoms with Gasteiger partial charge in [0.15, 0.2) is 11.5 Å². The highest BCUT2D eigenvalue weighted by molar-refractivity contribution is 6.05. The molecule has 0 saturated carbocycles. The van der Waals surface area contributed by atoms with E-state index < -0.39 is 0 Å². The number of carbonyl (C=O) groups excluding carboxylic acids is 2. The maximum Gasteiger partial charge on any atom is 0.221 e. The summed E-state index contributed by atoms with van der Waals surface area (Å²) in [5, 5.41) is 2.81. The quantitative estimate of drug-likeness (QED) is 0.430. The molecule has 1 amide bonds. The van der Waals surface area contributed by atoms with Crippen LogP contribution in [0, 0.1) is 0 Å². The lowest BCUT2D eigenvalue weighted by Crippen LogP contribution is -2.05. The van der Waals surface area contributed by atoms with E-state index >= 15 is 0 Å². The van der Waals surface area contributed by atoms with Gasteiger partial charge in [-0.05, 0) is 60.0 Å². The highest BCUT2D eigenvalue weighted by atomic mass is 16.3. The summed E-state index contributed by atoms with van der Waals surface area (Å²) in [6.45, 7) is 3.03. The molecule has 2 aromatic carbocycles. The average molecular weight is 396 g/mol. The lowest BCUT2D eigenvalue weighted by atomic mass is 9.89. The molecule has 0 spiro atoms. The molecule has 4 aromatic rings. The third-order valence-electron chi connectivity index (χ3n) is 4.76. The first kappa shape index (κ1) is 19.3. The van der Waals surface area contributed by atoms with E-state index in [4.69, 9.17) is 4.42 Å². The summed E-state index contributed by atoms with van der Waals surface area (Å²) in [6.07, 6.45) is 3.31. The number of benzene rings is 2. The Morgan fingerprint density at radius 1 is 0.900 bits per heavy atom. The number of amides is 1. The predicted molar refractivity (Wildman–Crippen MR) is 117 cm³/mol. The number of furan rings is 1. The molecule has 0 unspecified atom stereocenters. The van der Waals surface area contributed by atoms with E-state index in [0.29, 0.717) is 22.7 Å². The number of aromatic nitrogens is 1. The van der Waals surface area contributed by atoms with Crippen LogP contribution >= 0.6 is 0 Å². The molecule has 0 aliphatic rings. The van der Waals surface area contributed by atoms with Crippen molar-refractivity contribution in [2.45, 2.75) is 13.8 Å². The van der Waals surface area contributed by atoms with Crippen LogP contribution < -0.4 is 5.32 Å². The summed E-state index contributed by atoms with van der Waals surface area (Å²) in [6, 6.07) is 20.7. The topological polar surface area (TPSA) is 72.2 Å². The number of nitrogens with zero attached hydrogens (tertiary/aromatic N) is 1. The van der Waals surface area contributed by atoms with Gasteiger partial charge in [-0.3, -0.25) is 14.6 Å². The van der Waals surface area contributed by atoms with Crippen molar-refractivity contribution in [3.05, 3.63) is 84.8 Å². The molecule has 0 fully saturated rings. The molecular weight excluding hydrogens is 376 g/mol. The van der Waals surface area contributed by atoms with Gasteiger partial charge >= 0.3 is 0 Å². The summed E-state index contributed by atoms with van der Waals surface area (Å²) < 4.78 is 5.49. The lowest BCUT2D eigenvalue weighted by Gasteiger charge is -2.15. The Kier molecular flexibility index (Phi) is 5.26. The fourth-order valence-electron chi connectivity index (χ4n) is 3.51. The molecule has 0 atom stereocenters. The van der Waals surface area contributed by atoms with Crippen LogP contribution in [-0.4, -0.2) is 16.7 Å². The molecule has 2 aromatic heterocycles. The second-order valence-electron chi connectivity index (χ2n) is 6.95. The number of hydrogen-bond donors (Lipinski definition) is 1. The van der Waals surface area contributed by atoms with Gasteiger partial charge < -0.3 is 9.73 Å². The number of Topliss-reactive ketones (excluding diaryl/α,β-unsaturated/α-hetero) is 1. The largest absolute Gasteiger partial charge is 0.463 e. The molecule has 0 bridgehead atoms. The van der Waals surface area contributed by atoms with Crippen LogP contribution in [0.2, 0.25) is 0 Å². The van der Waals surface area contributed by atoms with Gasteiger partial charge in [0.05, 0.1) is 6.26 Å². The Labute approximate surface area is 174 Å². The van der Waals surface area contributed by atoms with Gasteiger partial charge in [0, 0.05) is 29.9 Å². The normalized spacial score (nSPS) is 10.6. The minimum absolute atomic E-state index is 0.0266. The Bertz CT molecular complexity index is 1230. The van der Waals surface area contributed by atoms with Gasteiger partial charge in [-0.25, -0.2) is 0 Å². The number of rotatable bonds is 5. The zero-order chi connectivity index (χ0) is 21.1. The van der Waals surface area contributed by atoms with Crippen LogP contribution in [0.4, 0.5) is 5.69 Å². The highest BCUT2D eigenvalue weighted by Crippen LogP contribution is 2.37. The third kappa shape index (κ3) is 3.91. The van der Waals surface area contributed by atoms with Crippen molar-refractivity contribution in [3.63, 3.8) is 0 Å². The number of nitrogens with one attached hydrogen (secondary N) is 1. The van der Waals surface area contributed by atoms with Gasteiger partial charge in [-0.1, -0.05) is 30.3 Å². The minimum atomic E-state index is -0.137. The first-order valence-electron chi connectivity index (χ1n) is 9.55. The molecule has 0 aliphatic carbocycles. The van der Waals surface area contributed by atoms with Crippen LogP contribution in [0.3, 0.4) is 0 Å². The third-order valence-corrected chi connectivity index (χ3v) is 4.76. The van der Waals surface area contributed by atoms with Crippen molar-refractivity contribution in [2.24, 2.45) is 0 Å². The second-order valence-corrected chi connectivity index (χ2v) is 6.95. The highest BCUT2D eigenvalue weighted by Gasteiger charge is 2.17. The maximum atomic E-state index is 12.5. The molecule has 5 heteroatoms. The van der Waals surface area contributed by atoms with Crippen molar-refractivity contribution in [1.29, 1.82) is 0 Å². The summed E-state index contributed by atoms with van der Waals surface area (Å²) in [4.78, 5) is 28.3. The summed E-state index contributed by atoms with van der Waals surface area (Å²) in [5.74, 6) is 0.495. The molecule has 4 rings (SSSR count). The van der Waals surface area contributed by atoms with Crippen molar-refractivity contribution >= 4 is 17.4 Å². The summed E-state index contributed by atoms with van der Waals surface area (Å²) in [7, 11) is 0. The van der Waals surface area contributed by atoms with E-state index in [1.165, 1.54) is 6.92 Å². The number of pyridine rings is 1. The van der Waals surface area contributed by atoms with Crippen LogP contribution in [-0.2, 0) is 4.79 Å². The Morgan fingerprint density at radius 2 is 1.73 bits per heavy atom. The molecule has 2 heterocycles. The SMILES string of the molecule is CC(=O)Nc1cccc(-c2cccc(C(C)=O)c2-c2ccnc(-c3ccco3)c2)c1. The van der Waals surface area contributed by atoms with Crippen LogP contribution in [0.25, 0.3) is 33.7 Å². The van der Waals surface area contributed by atoms with E-state index in [1.54, 1.807) is 19.4 Å². The molecule has 0 radical (unpaired) electrons. The second kappa shape index (κ2) is 8.17. The van der Waals surface area contributed by atoms with Crippen molar-refractivity contribution < 1.29 is 14.0 Å².